The first-order valence-electron chi connectivity index (χ1n) is 8.12. The zero-order valence-corrected chi connectivity index (χ0v) is 13.8. The van der Waals surface area contributed by atoms with Gasteiger partial charge in [-0.3, -0.25) is 0 Å². The van der Waals surface area contributed by atoms with Crippen molar-refractivity contribution in [2.75, 3.05) is 5.32 Å². The van der Waals surface area contributed by atoms with E-state index in [0.29, 0.717) is 0 Å². The van der Waals surface area contributed by atoms with Crippen molar-refractivity contribution < 1.29 is 4.74 Å². The molecule has 0 radical (unpaired) electrons. The van der Waals surface area contributed by atoms with E-state index in [0.717, 1.165) is 0 Å². The van der Waals surface area contributed by atoms with E-state index in [2.05, 4.69) is 86.8 Å². The Kier molecular flexibility index (Phi) is 3.17. The van der Waals surface area contributed by atoms with Crippen LogP contribution < -0.4 is 5.32 Å². The molecule has 1 atom stereocenters. The highest BCUT2D eigenvalue weighted by atomic mass is 16.5. The van der Waals surface area contributed by atoms with Gasteiger partial charge in [0.2, 0.25) is 0 Å². The zero-order chi connectivity index (χ0) is 16.0. The fourth-order valence-corrected chi connectivity index (χ4v) is 3.74. The number of hydrogen-bond donors (Lipinski definition) is 1. The van der Waals surface area contributed by atoms with Crippen molar-refractivity contribution in [1.29, 1.82) is 0 Å². The fourth-order valence-electron chi connectivity index (χ4n) is 3.74. The minimum absolute atomic E-state index is 0.00212. The minimum Gasteiger partial charge on any atom is -0.360 e. The third kappa shape index (κ3) is 2.30. The third-order valence-corrected chi connectivity index (χ3v) is 4.54. The lowest BCUT2D eigenvalue weighted by Crippen LogP contribution is -2.37. The molecule has 1 aliphatic heterocycles. The van der Waals surface area contributed by atoms with Gasteiger partial charge in [0.15, 0.2) is 0 Å². The van der Waals surface area contributed by atoms with Crippen LogP contribution in [0.4, 0.5) is 5.69 Å². The number of fused-ring (bicyclic) bond motifs is 2. The predicted molar refractivity (Wildman–Crippen MR) is 96.6 cm³/mol. The lowest BCUT2D eigenvalue weighted by atomic mass is 9.83. The van der Waals surface area contributed by atoms with Gasteiger partial charge in [-0.1, -0.05) is 54.6 Å². The van der Waals surface area contributed by atoms with Crippen LogP contribution >= 0.6 is 0 Å². The molecule has 116 valence electrons. The summed E-state index contributed by atoms with van der Waals surface area (Å²) in [4.78, 5) is 0. The number of ether oxygens (including phenoxy) is 1. The van der Waals surface area contributed by atoms with Gasteiger partial charge >= 0.3 is 0 Å². The second-order valence-corrected chi connectivity index (χ2v) is 6.68. The molecule has 0 saturated heterocycles. The molecule has 1 N–H and O–H groups in total. The topological polar surface area (TPSA) is 21.3 Å². The third-order valence-electron chi connectivity index (χ3n) is 4.54. The normalized spacial score (nSPS) is 19.2. The average Bonchev–Trinajstić information content (AvgIpc) is 2.53. The molecule has 0 aromatic heterocycles. The summed E-state index contributed by atoms with van der Waals surface area (Å²) in [6.45, 7) is 6.37. The Morgan fingerprint density at radius 1 is 0.957 bits per heavy atom. The van der Waals surface area contributed by atoms with Gasteiger partial charge in [0.05, 0.1) is 5.60 Å². The molecule has 4 rings (SSSR count). The maximum atomic E-state index is 6.20. The molecule has 1 aliphatic rings. The summed E-state index contributed by atoms with van der Waals surface area (Å²) in [5, 5.41) is 6.02. The van der Waals surface area contributed by atoms with Gasteiger partial charge in [-0.25, -0.2) is 0 Å². The van der Waals surface area contributed by atoms with Crippen molar-refractivity contribution in [3.05, 3.63) is 66.2 Å². The number of benzene rings is 3. The Bertz CT molecular complexity index is 868. The molecule has 2 nitrogen and oxygen atoms in total. The monoisotopic (exact) mass is 303 g/mol. The second kappa shape index (κ2) is 5.10. The maximum Gasteiger partial charge on any atom is 0.126 e. The largest absolute Gasteiger partial charge is 0.360 e. The van der Waals surface area contributed by atoms with Crippen molar-refractivity contribution in [3.63, 3.8) is 0 Å². The van der Waals surface area contributed by atoms with Crippen LogP contribution in [0.15, 0.2) is 60.7 Å². The van der Waals surface area contributed by atoms with Crippen LogP contribution in [0, 0.1) is 0 Å². The number of rotatable bonds is 1. The molecule has 0 bridgehead atoms. The minimum atomic E-state index is -0.338. The summed E-state index contributed by atoms with van der Waals surface area (Å²) < 4.78 is 6.20. The number of nitrogens with one attached hydrogen (secondary N) is 1. The molecule has 23 heavy (non-hydrogen) atoms. The van der Waals surface area contributed by atoms with Gasteiger partial charge in [0, 0.05) is 11.3 Å². The van der Waals surface area contributed by atoms with Crippen molar-refractivity contribution in [3.8, 4) is 11.1 Å². The van der Waals surface area contributed by atoms with E-state index in [9.17, 15) is 0 Å². The van der Waals surface area contributed by atoms with Crippen molar-refractivity contribution in [1.82, 2.24) is 0 Å². The molecule has 0 spiro atoms. The molecular formula is C21H21NO. The van der Waals surface area contributed by atoms with Crippen LogP contribution in [0.25, 0.3) is 21.9 Å². The van der Waals surface area contributed by atoms with E-state index in [1.54, 1.807) is 0 Å². The van der Waals surface area contributed by atoms with Crippen LogP contribution in [-0.4, -0.2) is 6.23 Å². The first-order valence-corrected chi connectivity index (χ1v) is 8.12. The SMILES string of the molecule is CC1Nc2cc3ccccc3c(-c3ccccc3)c2C(C)(C)O1. The lowest BCUT2D eigenvalue weighted by molar-refractivity contribution is -0.0628. The number of hydrogen-bond acceptors (Lipinski definition) is 2. The van der Waals surface area contributed by atoms with E-state index in [4.69, 9.17) is 4.74 Å². The van der Waals surface area contributed by atoms with Crippen molar-refractivity contribution in [2.45, 2.75) is 32.6 Å². The first kappa shape index (κ1) is 14.3. The second-order valence-electron chi connectivity index (χ2n) is 6.68. The summed E-state index contributed by atoms with van der Waals surface area (Å²) in [5.41, 5.74) is 4.57. The smallest absolute Gasteiger partial charge is 0.126 e. The lowest BCUT2D eigenvalue weighted by Gasteiger charge is -2.39. The highest BCUT2D eigenvalue weighted by molar-refractivity contribution is 6.02. The Morgan fingerprint density at radius 2 is 1.65 bits per heavy atom. The van der Waals surface area contributed by atoms with Gasteiger partial charge in [-0.05, 0) is 48.7 Å². The molecule has 0 aliphatic carbocycles. The zero-order valence-electron chi connectivity index (χ0n) is 13.8. The van der Waals surface area contributed by atoms with Crippen LogP contribution in [-0.2, 0) is 10.3 Å². The first-order chi connectivity index (χ1) is 11.1. The van der Waals surface area contributed by atoms with Gasteiger partial charge in [-0.15, -0.1) is 0 Å². The molecule has 0 saturated carbocycles. The Hall–Kier alpha value is -2.32. The van der Waals surface area contributed by atoms with Gasteiger partial charge < -0.3 is 10.1 Å². The molecule has 3 aromatic rings. The van der Waals surface area contributed by atoms with E-state index < -0.39 is 0 Å². The highest BCUT2D eigenvalue weighted by Crippen LogP contribution is 2.46. The average molecular weight is 303 g/mol. The van der Waals surface area contributed by atoms with Crippen LogP contribution in [0.5, 0.6) is 0 Å². The summed E-state index contributed by atoms with van der Waals surface area (Å²) >= 11 is 0. The number of anilines is 1. The summed E-state index contributed by atoms with van der Waals surface area (Å²) in [7, 11) is 0. The predicted octanol–water partition coefficient (Wildman–Crippen LogP) is 5.53. The van der Waals surface area contributed by atoms with Crippen LogP contribution in [0.1, 0.15) is 26.3 Å². The standard InChI is InChI=1S/C21H21NO/c1-14-22-18-13-16-11-7-8-12-17(16)19(15-9-5-4-6-10-15)20(18)21(2,3)23-14/h4-14,22H,1-3H3. The molecule has 2 heteroatoms. The van der Waals surface area contributed by atoms with Crippen LogP contribution in [0.2, 0.25) is 0 Å². The Labute approximate surface area is 137 Å². The molecule has 1 heterocycles. The quantitative estimate of drug-likeness (QED) is 0.638. The molecule has 0 amide bonds. The van der Waals surface area contributed by atoms with Crippen molar-refractivity contribution in [2.24, 2.45) is 0 Å². The van der Waals surface area contributed by atoms with Crippen molar-refractivity contribution >= 4 is 16.5 Å². The van der Waals surface area contributed by atoms with E-state index in [-0.39, 0.29) is 11.8 Å². The summed E-state index contributed by atoms with van der Waals surface area (Å²) in [6, 6.07) is 21.4. The Morgan fingerprint density at radius 3 is 2.43 bits per heavy atom. The van der Waals surface area contributed by atoms with E-state index in [1.165, 1.54) is 33.2 Å². The van der Waals surface area contributed by atoms with Gasteiger partial charge in [-0.2, -0.15) is 0 Å². The van der Waals surface area contributed by atoms with Gasteiger partial charge in [0.25, 0.3) is 0 Å². The molecule has 3 aromatic carbocycles. The van der Waals surface area contributed by atoms with Gasteiger partial charge in [0.1, 0.15) is 6.23 Å². The molecule has 1 unspecified atom stereocenters. The van der Waals surface area contributed by atoms with E-state index in [1.807, 2.05) is 0 Å². The maximum absolute atomic E-state index is 6.20. The van der Waals surface area contributed by atoms with Crippen LogP contribution in [0.3, 0.4) is 0 Å². The molecule has 0 fully saturated rings. The summed E-state index contributed by atoms with van der Waals surface area (Å²) in [5.74, 6) is 0. The fraction of sp³-hybridized carbons (Fsp3) is 0.238. The highest BCUT2D eigenvalue weighted by Gasteiger charge is 2.35. The Balaban J connectivity index is 2.14. The summed E-state index contributed by atoms with van der Waals surface area (Å²) in [6.07, 6.45) is 0.00212. The molecular weight excluding hydrogens is 282 g/mol. The van der Waals surface area contributed by atoms with E-state index >= 15 is 0 Å².